The predicted molar refractivity (Wildman–Crippen MR) is 63.3 cm³/mol. The highest BCUT2D eigenvalue weighted by molar-refractivity contribution is 6.37. The van der Waals surface area contributed by atoms with Crippen molar-refractivity contribution in [3.05, 3.63) is 53.6 Å². The number of aliphatic carboxylic acids is 1. The maximum atomic E-state index is 11.7. The number of benzene rings is 1. The highest BCUT2D eigenvalue weighted by atomic mass is 16.4. The molecule has 0 radical (unpaired) electrons. The van der Waals surface area contributed by atoms with Crippen molar-refractivity contribution < 1.29 is 19.5 Å². The van der Waals surface area contributed by atoms with E-state index in [-0.39, 0.29) is 11.1 Å². The lowest BCUT2D eigenvalue weighted by Crippen LogP contribution is -2.22. The van der Waals surface area contributed by atoms with E-state index in [1.165, 1.54) is 0 Å². The Bertz CT molecular complexity index is 584. The van der Waals surface area contributed by atoms with Crippen molar-refractivity contribution in [2.45, 2.75) is 0 Å². The number of carboxylic acids is 1. The second kappa shape index (κ2) is 4.67. The number of carbonyl (C=O) groups excluding carboxylic acids is 2. The number of nitrogens with one attached hydrogen (secondary N) is 1. The SMILES string of the molecule is O=C(O)C=CC1=C(c2ccccc2)C(=O)NC1=O. The highest BCUT2D eigenvalue weighted by Gasteiger charge is 2.29. The molecule has 18 heavy (non-hydrogen) atoms. The van der Waals surface area contributed by atoms with Gasteiger partial charge in [0.15, 0.2) is 0 Å². The molecule has 1 aromatic carbocycles. The standard InChI is InChI=1S/C13H9NO4/c15-10(16)7-6-9-11(13(18)14-12(9)17)8-4-2-1-3-5-8/h1-7H,(H,15,16)(H,14,17,18). The summed E-state index contributed by atoms with van der Waals surface area (Å²) < 4.78 is 0. The first-order valence-corrected chi connectivity index (χ1v) is 5.16. The van der Waals surface area contributed by atoms with Crippen LogP contribution in [0.3, 0.4) is 0 Å². The van der Waals surface area contributed by atoms with Gasteiger partial charge >= 0.3 is 5.97 Å². The molecule has 0 unspecified atom stereocenters. The smallest absolute Gasteiger partial charge is 0.328 e. The second-order valence-electron chi connectivity index (χ2n) is 3.61. The van der Waals surface area contributed by atoms with Crippen molar-refractivity contribution in [2.24, 2.45) is 0 Å². The first-order valence-electron chi connectivity index (χ1n) is 5.16. The topological polar surface area (TPSA) is 83.5 Å². The fourth-order valence-electron chi connectivity index (χ4n) is 1.67. The number of imide groups is 1. The Kier molecular flexibility index (Phi) is 3.05. The average Bonchev–Trinajstić information content (AvgIpc) is 2.62. The molecule has 5 heteroatoms. The van der Waals surface area contributed by atoms with Gasteiger partial charge in [-0.15, -0.1) is 0 Å². The molecular weight excluding hydrogens is 234 g/mol. The average molecular weight is 243 g/mol. The first-order chi connectivity index (χ1) is 8.59. The van der Waals surface area contributed by atoms with E-state index >= 15 is 0 Å². The Hall–Kier alpha value is -2.69. The van der Waals surface area contributed by atoms with Crippen LogP contribution in [0.4, 0.5) is 0 Å². The van der Waals surface area contributed by atoms with Crippen molar-refractivity contribution in [2.75, 3.05) is 0 Å². The third-order valence-corrected chi connectivity index (χ3v) is 2.42. The minimum absolute atomic E-state index is 0.0635. The minimum atomic E-state index is -1.18. The van der Waals surface area contributed by atoms with Crippen LogP contribution in [0, 0.1) is 0 Å². The fourth-order valence-corrected chi connectivity index (χ4v) is 1.67. The van der Waals surface area contributed by atoms with Crippen molar-refractivity contribution >= 4 is 23.4 Å². The molecule has 0 bridgehead atoms. The summed E-state index contributed by atoms with van der Waals surface area (Å²) in [5, 5.41) is 10.7. The molecule has 1 heterocycles. The normalized spacial score (nSPS) is 15.3. The lowest BCUT2D eigenvalue weighted by molar-refractivity contribution is -0.131. The van der Waals surface area contributed by atoms with Gasteiger partial charge < -0.3 is 5.11 Å². The van der Waals surface area contributed by atoms with E-state index in [4.69, 9.17) is 5.11 Å². The summed E-state index contributed by atoms with van der Waals surface area (Å²) >= 11 is 0. The molecule has 0 spiro atoms. The minimum Gasteiger partial charge on any atom is -0.478 e. The van der Waals surface area contributed by atoms with Crippen LogP contribution >= 0.6 is 0 Å². The zero-order valence-electron chi connectivity index (χ0n) is 9.21. The Morgan fingerprint density at radius 2 is 1.78 bits per heavy atom. The third-order valence-electron chi connectivity index (χ3n) is 2.42. The summed E-state index contributed by atoms with van der Waals surface area (Å²) in [6.45, 7) is 0. The van der Waals surface area contributed by atoms with Crippen LogP contribution in [0.25, 0.3) is 5.57 Å². The van der Waals surface area contributed by atoms with Crippen LogP contribution in [-0.2, 0) is 14.4 Å². The van der Waals surface area contributed by atoms with Gasteiger partial charge in [-0.1, -0.05) is 30.3 Å². The maximum Gasteiger partial charge on any atom is 0.328 e. The number of rotatable bonds is 3. The zero-order chi connectivity index (χ0) is 13.1. The molecular formula is C13H9NO4. The van der Waals surface area contributed by atoms with Crippen LogP contribution in [-0.4, -0.2) is 22.9 Å². The van der Waals surface area contributed by atoms with E-state index in [9.17, 15) is 14.4 Å². The Labute approximate surface area is 102 Å². The highest BCUT2D eigenvalue weighted by Crippen LogP contribution is 2.24. The van der Waals surface area contributed by atoms with Gasteiger partial charge in [0, 0.05) is 6.08 Å². The predicted octanol–water partition coefficient (Wildman–Crippen LogP) is 0.737. The fraction of sp³-hybridized carbons (Fsp3) is 0. The number of carboxylic acid groups (broad SMARTS) is 1. The Morgan fingerprint density at radius 1 is 1.11 bits per heavy atom. The van der Waals surface area contributed by atoms with Crippen molar-refractivity contribution in [3.8, 4) is 0 Å². The number of hydrogen-bond acceptors (Lipinski definition) is 3. The van der Waals surface area contributed by atoms with E-state index < -0.39 is 17.8 Å². The summed E-state index contributed by atoms with van der Waals surface area (Å²) in [7, 11) is 0. The molecule has 5 nitrogen and oxygen atoms in total. The van der Waals surface area contributed by atoms with Gasteiger partial charge in [0.2, 0.25) is 0 Å². The molecule has 1 aromatic rings. The van der Waals surface area contributed by atoms with Crippen molar-refractivity contribution in [1.82, 2.24) is 5.32 Å². The molecule has 2 amide bonds. The molecule has 0 saturated carbocycles. The van der Waals surface area contributed by atoms with Gasteiger partial charge in [-0.25, -0.2) is 4.79 Å². The van der Waals surface area contributed by atoms with Gasteiger partial charge in [-0.2, -0.15) is 0 Å². The van der Waals surface area contributed by atoms with Crippen LogP contribution in [0.2, 0.25) is 0 Å². The van der Waals surface area contributed by atoms with Gasteiger partial charge in [0.25, 0.3) is 11.8 Å². The molecule has 2 rings (SSSR count). The number of amides is 2. The summed E-state index contributed by atoms with van der Waals surface area (Å²) in [6.07, 6.45) is 1.96. The van der Waals surface area contributed by atoms with Crippen molar-refractivity contribution in [1.29, 1.82) is 0 Å². The van der Waals surface area contributed by atoms with Crippen molar-refractivity contribution in [3.63, 3.8) is 0 Å². The van der Waals surface area contributed by atoms with Crippen LogP contribution in [0.5, 0.6) is 0 Å². The molecule has 0 aliphatic carbocycles. The van der Waals surface area contributed by atoms with Gasteiger partial charge in [-0.3, -0.25) is 14.9 Å². The zero-order valence-corrected chi connectivity index (χ0v) is 9.21. The van der Waals surface area contributed by atoms with E-state index in [2.05, 4.69) is 5.32 Å². The van der Waals surface area contributed by atoms with Crippen LogP contribution in [0.1, 0.15) is 5.56 Å². The number of carbonyl (C=O) groups is 3. The monoisotopic (exact) mass is 243 g/mol. The second-order valence-corrected chi connectivity index (χ2v) is 3.61. The molecule has 0 saturated heterocycles. The number of hydrogen-bond donors (Lipinski definition) is 2. The van der Waals surface area contributed by atoms with Crippen LogP contribution in [0.15, 0.2) is 48.1 Å². The molecule has 2 N–H and O–H groups in total. The molecule has 0 atom stereocenters. The quantitative estimate of drug-likeness (QED) is 0.605. The molecule has 0 aromatic heterocycles. The lowest BCUT2D eigenvalue weighted by atomic mass is 10.0. The summed E-state index contributed by atoms with van der Waals surface area (Å²) in [5.74, 6) is -2.28. The van der Waals surface area contributed by atoms with Crippen LogP contribution < -0.4 is 5.32 Å². The third kappa shape index (κ3) is 2.20. The largest absolute Gasteiger partial charge is 0.478 e. The van der Waals surface area contributed by atoms with Gasteiger partial charge in [-0.05, 0) is 11.6 Å². The Morgan fingerprint density at radius 3 is 2.39 bits per heavy atom. The van der Waals surface area contributed by atoms with Gasteiger partial charge in [0.1, 0.15) is 0 Å². The molecule has 1 aliphatic rings. The lowest BCUT2D eigenvalue weighted by Gasteiger charge is -2.00. The summed E-state index contributed by atoms with van der Waals surface area (Å²) in [6, 6.07) is 8.61. The Balaban J connectivity index is 2.53. The van der Waals surface area contributed by atoms with E-state index in [1.54, 1.807) is 30.3 Å². The summed E-state index contributed by atoms with van der Waals surface area (Å²) in [5.41, 5.74) is 0.831. The molecule has 90 valence electrons. The van der Waals surface area contributed by atoms with E-state index in [0.29, 0.717) is 5.56 Å². The van der Waals surface area contributed by atoms with Gasteiger partial charge in [0.05, 0.1) is 11.1 Å². The maximum absolute atomic E-state index is 11.7. The summed E-state index contributed by atoms with van der Waals surface area (Å²) in [4.78, 5) is 33.7. The van der Waals surface area contributed by atoms with E-state index in [1.807, 2.05) is 0 Å². The first kappa shape index (κ1) is 11.8. The van der Waals surface area contributed by atoms with E-state index in [0.717, 1.165) is 12.2 Å². The molecule has 1 aliphatic heterocycles. The molecule has 0 fully saturated rings.